The second kappa shape index (κ2) is 10.8. The second-order valence-corrected chi connectivity index (χ2v) is 14.3. The third kappa shape index (κ3) is 4.49. The number of carbonyl (C=O) groups excluding carboxylic acids is 5. The number of rotatable bonds is 7. The maximum atomic E-state index is 14.0. The highest BCUT2D eigenvalue weighted by Crippen LogP contribution is 2.73. The zero-order chi connectivity index (χ0) is 31.8. The first-order valence-corrected chi connectivity index (χ1v) is 16.0. The molecule has 2 aliphatic heterocycles. The van der Waals surface area contributed by atoms with Crippen LogP contribution in [0.1, 0.15) is 80.1 Å². The SMILES string of the molecule is CC(=O)OCC1=C(C)C[C@H]([C@@H](C)[C@H]2CC[C@H]3[C@@H]4C[C@H]5O[C@]56[C@@H](OC(C)=O)C=CC(=O)[C@]6(COC(C)=O)[C@H]4CC[C@]23C)OC1=O. The first kappa shape index (κ1) is 31.0. The summed E-state index contributed by atoms with van der Waals surface area (Å²) in [5, 5.41) is 0. The number of carbonyl (C=O) groups is 5. The van der Waals surface area contributed by atoms with Gasteiger partial charge in [-0.1, -0.05) is 19.4 Å². The van der Waals surface area contributed by atoms with E-state index < -0.39 is 41.0 Å². The van der Waals surface area contributed by atoms with E-state index in [1.54, 1.807) is 6.08 Å². The van der Waals surface area contributed by atoms with Crippen molar-refractivity contribution in [2.24, 2.45) is 40.4 Å². The highest BCUT2D eigenvalue weighted by Gasteiger charge is 2.83. The van der Waals surface area contributed by atoms with E-state index in [0.29, 0.717) is 23.8 Å². The maximum absolute atomic E-state index is 14.0. The van der Waals surface area contributed by atoms with Crippen molar-refractivity contribution in [1.82, 2.24) is 0 Å². The van der Waals surface area contributed by atoms with Crippen LogP contribution in [0, 0.1) is 40.4 Å². The van der Waals surface area contributed by atoms with Gasteiger partial charge in [-0.15, -0.1) is 0 Å². The van der Waals surface area contributed by atoms with E-state index in [1.807, 2.05) is 6.92 Å². The van der Waals surface area contributed by atoms with Crippen LogP contribution in [0.15, 0.2) is 23.3 Å². The van der Waals surface area contributed by atoms with Crippen LogP contribution in [0.3, 0.4) is 0 Å². The molecule has 0 radical (unpaired) electrons. The molecule has 6 aliphatic rings. The Bertz CT molecular complexity index is 1350. The predicted molar refractivity (Wildman–Crippen MR) is 155 cm³/mol. The minimum atomic E-state index is -1.12. The Labute approximate surface area is 258 Å². The van der Waals surface area contributed by atoms with Crippen LogP contribution in [0.2, 0.25) is 0 Å². The molecule has 0 unspecified atom stereocenters. The number of ketones is 1. The van der Waals surface area contributed by atoms with Gasteiger partial charge in [-0.2, -0.15) is 0 Å². The molecule has 4 aliphatic carbocycles. The van der Waals surface area contributed by atoms with E-state index >= 15 is 0 Å². The summed E-state index contributed by atoms with van der Waals surface area (Å²) in [6, 6.07) is 0. The molecule has 0 amide bonds. The molecule has 2 heterocycles. The Hall–Kier alpha value is -3.01. The molecule has 6 rings (SSSR count). The highest BCUT2D eigenvalue weighted by molar-refractivity contribution is 5.99. The monoisotopic (exact) mass is 612 g/mol. The fraction of sp³-hybridized carbons (Fsp3) is 0.735. The minimum absolute atomic E-state index is 0.0387. The van der Waals surface area contributed by atoms with Crippen molar-refractivity contribution < 1.29 is 47.7 Å². The molecule has 0 bridgehead atoms. The van der Waals surface area contributed by atoms with E-state index in [-0.39, 0.29) is 54.4 Å². The highest BCUT2D eigenvalue weighted by atomic mass is 16.7. The summed E-state index contributed by atoms with van der Waals surface area (Å²) in [4.78, 5) is 62.5. The molecule has 10 heteroatoms. The van der Waals surface area contributed by atoms with Gasteiger partial charge in [0, 0.05) is 27.2 Å². The standard InChI is InChI=1S/C34H44O10/c1-17-13-27(43-31(39)23(17)15-40-19(3)35)18(2)24-7-8-25-22-14-30-34(44-30)29(42-21(5)37)10-9-28(38)33(34,16-41-20(4)36)26(22)11-12-32(24,25)6/h9-10,18,22,24-27,29-30H,7-8,11-16H2,1-6H3/t18-,22-,24+,25-,26-,27+,29-,30+,32+,33-,34+/m0/s1. The Morgan fingerprint density at radius 1 is 1.02 bits per heavy atom. The molecule has 3 saturated carbocycles. The summed E-state index contributed by atoms with van der Waals surface area (Å²) >= 11 is 0. The van der Waals surface area contributed by atoms with Crippen molar-refractivity contribution in [1.29, 1.82) is 0 Å². The van der Waals surface area contributed by atoms with Crippen molar-refractivity contribution in [3.63, 3.8) is 0 Å². The van der Waals surface area contributed by atoms with Crippen molar-refractivity contribution in [2.75, 3.05) is 13.2 Å². The lowest BCUT2D eigenvalue weighted by molar-refractivity contribution is -0.181. The van der Waals surface area contributed by atoms with E-state index in [0.717, 1.165) is 37.7 Å². The topological polar surface area (TPSA) is 135 Å². The third-order valence-electron chi connectivity index (χ3n) is 12.3. The van der Waals surface area contributed by atoms with E-state index in [4.69, 9.17) is 23.7 Å². The molecular weight excluding hydrogens is 568 g/mol. The summed E-state index contributed by atoms with van der Waals surface area (Å²) in [5.74, 6) is -1.07. The van der Waals surface area contributed by atoms with Gasteiger partial charge >= 0.3 is 23.9 Å². The van der Waals surface area contributed by atoms with Crippen molar-refractivity contribution in [3.05, 3.63) is 23.3 Å². The van der Waals surface area contributed by atoms with Crippen LogP contribution in [0.5, 0.6) is 0 Å². The van der Waals surface area contributed by atoms with Gasteiger partial charge in [0.05, 0.1) is 11.7 Å². The van der Waals surface area contributed by atoms with Crippen LogP contribution in [-0.4, -0.2) is 66.8 Å². The van der Waals surface area contributed by atoms with Gasteiger partial charge in [0.25, 0.3) is 0 Å². The smallest absolute Gasteiger partial charge is 0.337 e. The van der Waals surface area contributed by atoms with Gasteiger partial charge in [0.2, 0.25) is 0 Å². The molecule has 10 nitrogen and oxygen atoms in total. The van der Waals surface area contributed by atoms with Crippen LogP contribution >= 0.6 is 0 Å². The molecular formula is C34H44O10. The number of epoxide rings is 1. The van der Waals surface area contributed by atoms with Crippen molar-refractivity contribution >= 4 is 29.7 Å². The lowest BCUT2D eigenvalue weighted by Crippen LogP contribution is -2.67. The number of hydrogen-bond donors (Lipinski definition) is 0. The molecule has 4 fully saturated rings. The number of ether oxygens (including phenoxy) is 5. The average molecular weight is 613 g/mol. The van der Waals surface area contributed by atoms with Crippen LogP contribution in [0.4, 0.5) is 0 Å². The lowest BCUT2D eigenvalue weighted by atomic mass is 9.44. The maximum Gasteiger partial charge on any atom is 0.337 e. The first-order chi connectivity index (χ1) is 20.8. The van der Waals surface area contributed by atoms with Gasteiger partial charge in [-0.3, -0.25) is 19.2 Å². The van der Waals surface area contributed by atoms with Gasteiger partial charge in [0.1, 0.15) is 24.7 Å². The normalized spacial score (nSPS) is 42.6. The third-order valence-corrected chi connectivity index (χ3v) is 12.3. The fourth-order valence-corrected chi connectivity index (χ4v) is 10.4. The van der Waals surface area contributed by atoms with E-state index in [2.05, 4.69) is 13.8 Å². The van der Waals surface area contributed by atoms with Crippen LogP contribution in [-0.2, 0) is 47.7 Å². The molecule has 0 aromatic carbocycles. The van der Waals surface area contributed by atoms with Gasteiger partial charge in [-0.25, -0.2) is 4.79 Å². The quantitative estimate of drug-likeness (QED) is 0.236. The molecule has 0 N–H and O–H groups in total. The molecule has 44 heavy (non-hydrogen) atoms. The number of allylic oxidation sites excluding steroid dienone is 1. The molecule has 240 valence electrons. The van der Waals surface area contributed by atoms with E-state index in [9.17, 15) is 24.0 Å². The van der Waals surface area contributed by atoms with Crippen LogP contribution in [0.25, 0.3) is 0 Å². The Morgan fingerprint density at radius 3 is 2.41 bits per heavy atom. The average Bonchev–Trinajstić information content (AvgIpc) is 3.57. The number of fused-ring (bicyclic) bond motifs is 4. The summed E-state index contributed by atoms with van der Waals surface area (Å²) in [5.41, 5.74) is -0.861. The second-order valence-electron chi connectivity index (χ2n) is 14.3. The van der Waals surface area contributed by atoms with Crippen molar-refractivity contribution in [2.45, 2.75) is 104 Å². The molecule has 11 atom stereocenters. The Kier molecular flexibility index (Phi) is 7.61. The minimum Gasteiger partial charge on any atom is -0.465 e. The Morgan fingerprint density at radius 2 is 1.75 bits per heavy atom. The molecule has 0 aromatic heterocycles. The summed E-state index contributed by atoms with van der Waals surface area (Å²) in [7, 11) is 0. The first-order valence-electron chi connectivity index (χ1n) is 16.0. The van der Waals surface area contributed by atoms with Gasteiger partial charge in [0.15, 0.2) is 17.5 Å². The van der Waals surface area contributed by atoms with Crippen molar-refractivity contribution in [3.8, 4) is 0 Å². The number of esters is 4. The zero-order valence-corrected chi connectivity index (χ0v) is 26.5. The Balaban J connectivity index is 1.27. The summed E-state index contributed by atoms with van der Waals surface area (Å²) < 4.78 is 28.9. The number of cyclic esters (lactones) is 1. The van der Waals surface area contributed by atoms with E-state index in [1.165, 1.54) is 26.8 Å². The van der Waals surface area contributed by atoms with Crippen LogP contribution < -0.4 is 0 Å². The summed E-state index contributed by atoms with van der Waals surface area (Å²) in [6.45, 7) is 10.3. The summed E-state index contributed by atoms with van der Waals surface area (Å²) in [6.07, 6.45) is 6.84. The molecule has 0 aromatic rings. The molecule has 1 spiro atoms. The van der Waals surface area contributed by atoms with Gasteiger partial charge in [-0.05, 0) is 86.2 Å². The largest absolute Gasteiger partial charge is 0.465 e. The van der Waals surface area contributed by atoms with Gasteiger partial charge < -0.3 is 23.7 Å². The number of hydrogen-bond acceptors (Lipinski definition) is 10. The lowest BCUT2D eigenvalue weighted by Gasteiger charge is -2.59. The fourth-order valence-electron chi connectivity index (χ4n) is 10.4. The molecule has 1 saturated heterocycles. The predicted octanol–water partition coefficient (Wildman–Crippen LogP) is 4.04. The zero-order valence-electron chi connectivity index (χ0n) is 26.5.